The molecule has 0 radical (unpaired) electrons. The van der Waals surface area contributed by atoms with Crippen molar-refractivity contribution in [3.8, 4) is 0 Å². The van der Waals surface area contributed by atoms with Gasteiger partial charge in [-0.05, 0) is 49.1 Å². The van der Waals surface area contributed by atoms with E-state index >= 15 is 0 Å². The normalized spacial score (nSPS) is 14.5. The van der Waals surface area contributed by atoms with Crippen LogP contribution in [0.4, 0.5) is 5.69 Å². The first-order chi connectivity index (χ1) is 13.2. The number of benzene rings is 2. The lowest BCUT2D eigenvalue weighted by Gasteiger charge is -2.17. The van der Waals surface area contributed by atoms with Gasteiger partial charge in [0.05, 0.1) is 17.5 Å². The first-order valence-corrected chi connectivity index (χ1v) is 11.0. The average Bonchev–Trinajstić information content (AvgIpc) is 3.11. The van der Waals surface area contributed by atoms with E-state index in [-0.39, 0.29) is 5.78 Å². The van der Waals surface area contributed by atoms with Gasteiger partial charge >= 0.3 is 5.97 Å². The van der Waals surface area contributed by atoms with Gasteiger partial charge in [-0.1, -0.05) is 31.2 Å². The van der Waals surface area contributed by atoms with E-state index in [4.69, 9.17) is 4.74 Å². The number of carbonyl (C=O) groups excluding carboxylic acids is 2. The summed E-state index contributed by atoms with van der Waals surface area (Å²) in [6.45, 7) is 3.94. The number of rotatable bonds is 6. The molecule has 2 aromatic carbocycles. The van der Waals surface area contributed by atoms with Gasteiger partial charge in [0.2, 0.25) is 15.8 Å². The number of Topliss-reactive ketones (excluding diaryl/α,β-unsaturated/α-hetero) is 1. The minimum absolute atomic E-state index is 0.264. The third-order valence-electron chi connectivity index (χ3n) is 4.87. The Morgan fingerprint density at radius 2 is 1.75 bits per heavy atom. The van der Waals surface area contributed by atoms with Crippen LogP contribution in [0.15, 0.2) is 42.5 Å². The molecule has 0 aliphatic carbocycles. The molecular formula is C21H23NO5S. The quantitative estimate of drug-likeness (QED) is 0.549. The minimum Gasteiger partial charge on any atom is -0.451 e. The van der Waals surface area contributed by atoms with Crippen molar-refractivity contribution in [1.82, 2.24) is 0 Å². The fourth-order valence-electron chi connectivity index (χ4n) is 3.26. The number of fused-ring (bicyclic) bond motifs is 1. The monoisotopic (exact) mass is 401 g/mol. The molecule has 0 aromatic heterocycles. The molecule has 7 heteroatoms. The van der Waals surface area contributed by atoms with Crippen molar-refractivity contribution < 1.29 is 22.7 Å². The number of hydrogen-bond donors (Lipinski definition) is 0. The van der Waals surface area contributed by atoms with E-state index in [0.29, 0.717) is 29.8 Å². The first kappa shape index (κ1) is 20.1. The smallest absolute Gasteiger partial charge is 0.338 e. The second kappa shape index (κ2) is 7.75. The zero-order valence-corrected chi connectivity index (χ0v) is 17.0. The Bertz CT molecular complexity index is 1010. The number of carbonyl (C=O) groups is 2. The molecule has 0 fully saturated rings. The number of ether oxygens (including phenoxy) is 1. The van der Waals surface area contributed by atoms with Gasteiger partial charge in [-0.15, -0.1) is 0 Å². The summed E-state index contributed by atoms with van der Waals surface area (Å²) in [7, 11) is -3.34. The van der Waals surface area contributed by atoms with E-state index in [1.165, 1.54) is 10.4 Å². The Labute approximate surface area is 165 Å². The number of esters is 1. The maximum absolute atomic E-state index is 12.5. The van der Waals surface area contributed by atoms with Gasteiger partial charge in [-0.25, -0.2) is 13.2 Å². The van der Waals surface area contributed by atoms with Crippen molar-refractivity contribution in [3.63, 3.8) is 0 Å². The number of hydrogen-bond acceptors (Lipinski definition) is 5. The van der Waals surface area contributed by atoms with Gasteiger partial charge in [0.25, 0.3) is 0 Å². The van der Waals surface area contributed by atoms with E-state index in [9.17, 15) is 18.0 Å². The van der Waals surface area contributed by atoms with Gasteiger partial charge in [0.15, 0.2) is 6.10 Å². The Kier molecular flexibility index (Phi) is 5.56. The minimum atomic E-state index is -3.34. The molecule has 0 bridgehead atoms. The lowest BCUT2D eigenvalue weighted by Crippen LogP contribution is -2.27. The van der Waals surface area contributed by atoms with E-state index in [1.807, 2.05) is 19.1 Å². The second-order valence-corrected chi connectivity index (χ2v) is 8.80. The molecule has 0 N–H and O–H groups in total. The van der Waals surface area contributed by atoms with Crippen LogP contribution in [0, 0.1) is 0 Å². The molecule has 0 saturated carbocycles. The van der Waals surface area contributed by atoms with E-state index in [1.54, 1.807) is 31.2 Å². The SMILES string of the molecule is CCc1ccc(C(=O)C(C)OC(=O)c2ccc3c(c2)CCN3S(C)(=O)=O)cc1. The second-order valence-electron chi connectivity index (χ2n) is 6.89. The summed E-state index contributed by atoms with van der Waals surface area (Å²) < 4.78 is 30.3. The summed E-state index contributed by atoms with van der Waals surface area (Å²) in [6.07, 6.45) is 1.65. The van der Waals surface area contributed by atoms with Gasteiger partial charge in [0, 0.05) is 12.1 Å². The highest BCUT2D eigenvalue weighted by Crippen LogP contribution is 2.31. The molecule has 148 valence electrons. The summed E-state index contributed by atoms with van der Waals surface area (Å²) in [5.74, 6) is -0.868. The van der Waals surface area contributed by atoms with Crippen LogP contribution in [-0.4, -0.2) is 39.1 Å². The molecular weight excluding hydrogens is 378 g/mol. The molecule has 2 aromatic rings. The van der Waals surface area contributed by atoms with Crippen molar-refractivity contribution in [3.05, 3.63) is 64.7 Å². The Morgan fingerprint density at radius 1 is 1.11 bits per heavy atom. The molecule has 0 saturated heterocycles. The largest absolute Gasteiger partial charge is 0.451 e. The Balaban J connectivity index is 1.71. The van der Waals surface area contributed by atoms with Gasteiger partial charge < -0.3 is 4.74 Å². The summed E-state index contributed by atoms with van der Waals surface area (Å²) in [5, 5.41) is 0. The molecule has 1 unspecified atom stereocenters. The summed E-state index contributed by atoms with van der Waals surface area (Å²) in [5.41, 5.74) is 3.28. The molecule has 3 rings (SSSR count). The van der Waals surface area contributed by atoms with Crippen LogP contribution in [0.3, 0.4) is 0 Å². The maximum Gasteiger partial charge on any atom is 0.338 e. The van der Waals surface area contributed by atoms with Gasteiger partial charge in [0.1, 0.15) is 0 Å². The van der Waals surface area contributed by atoms with Crippen LogP contribution in [-0.2, 0) is 27.6 Å². The number of aryl methyl sites for hydroxylation is 1. The Morgan fingerprint density at radius 3 is 2.36 bits per heavy atom. The highest BCUT2D eigenvalue weighted by atomic mass is 32.2. The van der Waals surface area contributed by atoms with Crippen molar-refractivity contribution in [2.75, 3.05) is 17.1 Å². The van der Waals surface area contributed by atoms with Crippen molar-refractivity contribution in [2.24, 2.45) is 0 Å². The lowest BCUT2D eigenvalue weighted by atomic mass is 10.0. The average molecular weight is 401 g/mol. The first-order valence-electron chi connectivity index (χ1n) is 9.15. The fraction of sp³-hybridized carbons (Fsp3) is 0.333. The summed E-state index contributed by atoms with van der Waals surface area (Å²) in [4.78, 5) is 25.0. The van der Waals surface area contributed by atoms with Crippen LogP contribution in [0.5, 0.6) is 0 Å². The van der Waals surface area contributed by atoms with Gasteiger partial charge in [-0.3, -0.25) is 9.10 Å². The predicted molar refractivity (Wildman–Crippen MR) is 107 cm³/mol. The van der Waals surface area contributed by atoms with E-state index < -0.39 is 22.1 Å². The molecule has 6 nitrogen and oxygen atoms in total. The highest BCUT2D eigenvalue weighted by molar-refractivity contribution is 7.92. The number of nitrogens with zero attached hydrogens (tertiary/aromatic N) is 1. The van der Waals surface area contributed by atoms with Crippen LogP contribution in [0.1, 0.15) is 45.7 Å². The molecule has 1 atom stereocenters. The van der Waals surface area contributed by atoms with Crippen molar-refractivity contribution in [1.29, 1.82) is 0 Å². The van der Waals surface area contributed by atoms with E-state index in [2.05, 4.69) is 0 Å². The lowest BCUT2D eigenvalue weighted by molar-refractivity contribution is 0.0318. The van der Waals surface area contributed by atoms with Crippen molar-refractivity contribution in [2.45, 2.75) is 32.8 Å². The van der Waals surface area contributed by atoms with Gasteiger partial charge in [-0.2, -0.15) is 0 Å². The molecule has 0 spiro atoms. The number of ketones is 1. The maximum atomic E-state index is 12.5. The zero-order chi connectivity index (χ0) is 20.5. The van der Waals surface area contributed by atoms with Crippen LogP contribution >= 0.6 is 0 Å². The summed E-state index contributed by atoms with van der Waals surface area (Å²) >= 11 is 0. The Hall–Kier alpha value is -2.67. The van der Waals surface area contributed by atoms with Crippen molar-refractivity contribution >= 4 is 27.5 Å². The fourth-order valence-corrected chi connectivity index (χ4v) is 4.22. The molecule has 0 amide bonds. The number of anilines is 1. The molecule has 1 aliphatic rings. The zero-order valence-electron chi connectivity index (χ0n) is 16.1. The highest BCUT2D eigenvalue weighted by Gasteiger charge is 2.27. The standard InChI is InChI=1S/C21H23NO5S/c1-4-15-5-7-16(8-6-15)20(23)14(2)27-21(24)18-9-10-19-17(13-18)11-12-22(19)28(3,25)26/h5-10,13-14H,4,11-12H2,1-3H3. The number of sulfonamides is 1. The topological polar surface area (TPSA) is 80.8 Å². The van der Waals surface area contributed by atoms with Crippen LogP contribution in [0.2, 0.25) is 0 Å². The molecule has 28 heavy (non-hydrogen) atoms. The molecule has 1 aliphatic heterocycles. The molecule has 1 heterocycles. The van der Waals surface area contributed by atoms with Crippen LogP contribution in [0.25, 0.3) is 0 Å². The van der Waals surface area contributed by atoms with E-state index in [0.717, 1.165) is 23.8 Å². The third-order valence-corrected chi connectivity index (χ3v) is 6.05. The predicted octanol–water partition coefficient (Wildman–Crippen LogP) is 3.00. The summed E-state index contributed by atoms with van der Waals surface area (Å²) in [6, 6.07) is 12.0. The van der Waals surface area contributed by atoms with Crippen LogP contribution < -0.4 is 4.31 Å². The third kappa shape index (κ3) is 4.09.